The fourth-order valence-electron chi connectivity index (χ4n) is 2.92. The quantitative estimate of drug-likeness (QED) is 0.756. The molecule has 1 saturated carbocycles. The second-order valence-corrected chi connectivity index (χ2v) is 6.60. The summed E-state index contributed by atoms with van der Waals surface area (Å²) in [6.45, 7) is 9.93. The Balaban J connectivity index is 1.95. The third-order valence-corrected chi connectivity index (χ3v) is 4.16. The van der Waals surface area contributed by atoms with Crippen molar-refractivity contribution in [3.05, 3.63) is 0 Å². The lowest BCUT2D eigenvalue weighted by Gasteiger charge is -2.36. The van der Waals surface area contributed by atoms with Gasteiger partial charge in [-0.15, -0.1) is 0 Å². The van der Waals surface area contributed by atoms with Gasteiger partial charge in [-0.25, -0.2) is 0 Å². The van der Waals surface area contributed by atoms with Crippen LogP contribution in [0.4, 0.5) is 0 Å². The normalized spacial score (nSPS) is 30.1. The minimum Gasteiger partial charge on any atom is -0.349 e. The minimum absolute atomic E-state index is 0.105. The van der Waals surface area contributed by atoms with Crippen molar-refractivity contribution < 1.29 is 14.3 Å². The van der Waals surface area contributed by atoms with E-state index >= 15 is 0 Å². The molecule has 1 aliphatic heterocycles. The van der Waals surface area contributed by atoms with Crippen LogP contribution in [0.25, 0.3) is 0 Å². The Kier molecular flexibility index (Phi) is 3.84. The first-order chi connectivity index (χ1) is 8.44. The molecular weight excluding hydrogens is 228 g/mol. The van der Waals surface area contributed by atoms with Crippen molar-refractivity contribution in [2.75, 3.05) is 13.2 Å². The molecule has 18 heavy (non-hydrogen) atoms. The zero-order valence-corrected chi connectivity index (χ0v) is 12.1. The number of Topliss-reactive ketones (excluding diaryl/α,β-unsaturated/α-hetero) is 1. The van der Waals surface area contributed by atoms with Crippen LogP contribution < -0.4 is 0 Å². The third kappa shape index (κ3) is 2.62. The Bertz CT molecular complexity index is 312. The lowest BCUT2D eigenvalue weighted by molar-refractivity contribution is -0.252. The highest BCUT2D eigenvalue weighted by Gasteiger charge is 2.63. The maximum absolute atomic E-state index is 12.1. The summed E-state index contributed by atoms with van der Waals surface area (Å²) >= 11 is 0. The average Bonchev–Trinajstić information content (AvgIpc) is 3.00. The van der Waals surface area contributed by atoms with E-state index in [1.165, 1.54) is 0 Å². The molecule has 0 aromatic rings. The lowest BCUT2D eigenvalue weighted by Crippen LogP contribution is -2.41. The monoisotopic (exact) mass is 254 g/mol. The van der Waals surface area contributed by atoms with Gasteiger partial charge in [0.2, 0.25) is 0 Å². The van der Waals surface area contributed by atoms with Gasteiger partial charge in [-0.3, -0.25) is 4.79 Å². The summed E-state index contributed by atoms with van der Waals surface area (Å²) in [5.74, 6) is 0.391. The van der Waals surface area contributed by atoms with Crippen molar-refractivity contribution in [3.63, 3.8) is 0 Å². The molecule has 2 atom stereocenters. The van der Waals surface area contributed by atoms with Crippen LogP contribution in [0.1, 0.15) is 53.4 Å². The van der Waals surface area contributed by atoms with Gasteiger partial charge in [0.15, 0.2) is 5.79 Å². The first-order valence-corrected chi connectivity index (χ1v) is 7.25. The highest BCUT2D eigenvalue weighted by molar-refractivity contribution is 5.81. The number of carbonyl (C=O) groups is 1. The summed E-state index contributed by atoms with van der Waals surface area (Å²) in [6.07, 6.45) is 3.43. The lowest BCUT2D eigenvalue weighted by atomic mass is 9.91. The minimum atomic E-state index is -0.417. The van der Waals surface area contributed by atoms with Gasteiger partial charge < -0.3 is 9.47 Å². The van der Waals surface area contributed by atoms with E-state index in [0.717, 1.165) is 32.5 Å². The van der Waals surface area contributed by atoms with Crippen LogP contribution in [-0.4, -0.2) is 24.8 Å². The van der Waals surface area contributed by atoms with Gasteiger partial charge in [-0.05, 0) is 12.8 Å². The van der Waals surface area contributed by atoms with Crippen LogP contribution in [0.15, 0.2) is 0 Å². The van der Waals surface area contributed by atoms with Gasteiger partial charge in [-0.2, -0.15) is 0 Å². The molecule has 104 valence electrons. The molecule has 1 aliphatic carbocycles. The molecule has 1 heterocycles. The molecule has 3 nitrogen and oxygen atoms in total. The molecule has 0 aromatic carbocycles. The van der Waals surface area contributed by atoms with Crippen molar-refractivity contribution in [3.8, 4) is 0 Å². The Morgan fingerprint density at radius 1 is 1.28 bits per heavy atom. The Hall–Kier alpha value is -0.410. The van der Waals surface area contributed by atoms with E-state index < -0.39 is 5.79 Å². The highest BCUT2D eigenvalue weighted by Crippen LogP contribution is 2.56. The number of rotatable bonds is 5. The van der Waals surface area contributed by atoms with Gasteiger partial charge in [-0.1, -0.05) is 27.7 Å². The van der Waals surface area contributed by atoms with Gasteiger partial charge in [0.25, 0.3) is 0 Å². The number of ketones is 1. The molecule has 0 N–H and O–H groups in total. The second kappa shape index (κ2) is 4.93. The van der Waals surface area contributed by atoms with E-state index in [4.69, 9.17) is 9.47 Å². The van der Waals surface area contributed by atoms with E-state index in [1.807, 2.05) is 0 Å². The summed E-state index contributed by atoms with van der Waals surface area (Å²) in [7, 11) is 0. The third-order valence-electron chi connectivity index (χ3n) is 4.16. The predicted octanol–water partition coefficient (Wildman–Crippen LogP) is 3.17. The summed E-state index contributed by atoms with van der Waals surface area (Å²) in [6, 6.07) is 0. The molecule has 0 aromatic heterocycles. The molecule has 2 rings (SSSR count). The van der Waals surface area contributed by atoms with Crippen molar-refractivity contribution in [1.82, 2.24) is 0 Å². The predicted molar refractivity (Wildman–Crippen MR) is 70.2 cm³/mol. The molecule has 0 bridgehead atoms. The highest BCUT2D eigenvalue weighted by atomic mass is 16.7. The Morgan fingerprint density at radius 2 is 1.89 bits per heavy atom. The van der Waals surface area contributed by atoms with Crippen molar-refractivity contribution in [2.45, 2.75) is 59.2 Å². The van der Waals surface area contributed by atoms with Crippen LogP contribution in [0.5, 0.6) is 0 Å². The van der Waals surface area contributed by atoms with Crippen molar-refractivity contribution in [1.29, 1.82) is 0 Å². The Morgan fingerprint density at radius 3 is 2.39 bits per heavy atom. The average molecular weight is 254 g/mol. The summed E-state index contributed by atoms with van der Waals surface area (Å²) in [4.78, 5) is 12.1. The fourth-order valence-corrected chi connectivity index (χ4v) is 2.92. The number of carbonyl (C=O) groups excluding carboxylic acids is 1. The zero-order valence-electron chi connectivity index (χ0n) is 12.1. The zero-order chi connectivity index (χ0) is 13.4. The number of hydrogen-bond donors (Lipinski definition) is 0. The maximum Gasteiger partial charge on any atom is 0.172 e. The fraction of sp³-hybridized carbons (Fsp3) is 0.933. The van der Waals surface area contributed by atoms with E-state index in [-0.39, 0.29) is 17.3 Å². The molecule has 2 aliphatic rings. The first kappa shape index (κ1) is 14.0. The van der Waals surface area contributed by atoms with E-state index in [1.54, 1.807) is 0 Å². The van der Waals surface area contributed by atoms with Gasteiger partial charge in [0.1, 0.15) is 5.78 Å². The largest absolute Gasteiger partial charge is 0.349 e. The molecule has 0 amide bonds. The second-order valence-electron chi connectivity index (χ2n) is 6.60. The van der Waals surface area contributed by atoms with Crippen LogP contribution in [0.2, 0.25) is 0 Å². The maximum atomic E-state index is 12.1. The summed E-state index contributed by atoms with van der Waals surface area (Å²) in [5, 5.41) is 0. The molecule has 0 unspecified atom stereocenters. The van der Waals surface area contributed by atoms with Crippen LogP contribution >= 0.6 is 0 Å². The van der Waals surface area contributed by atoms with Crippen molar-refractivity contribution >= 4 is 5.78 Å². The summed E-state index contributed by atoms with van der Waals surface area (Å²) in [5.41, 5.74) is 0.105. The smallest absolute Gasteiger partial charge is 0.172 e. The Labute approximate surface area is 110 Å². The molecule has 1 spiro atoms. The number of ether oxygens (including phenoxy) is 2. The molecule has 3 heteroatoms. The molecule has 2 fully saturated rings. The number of hydrogen-bond acceptors (Lipinski definition) is 3. The van der Waals surface area contributed by atoms with Gasteiger partial charge in [0, 0.05) is 30.1 Å². The van der Waals surface area contributed by atoms with E-state index in [9.17, 15) is 4.79 Å². The van der Waals surface area contributed by atoms with Crippen molar-refractivity contribution in [2.24, 2.45) is 17.3 Å². The molecule has 1 saturated heterocycles. The molecule has 0 radical (unpaired) electrons. The van der Waals surface area contributed by atoms with E-state index in [2.05, 4.69) is 27.7 Å². The first-order valence-electron chi connectivity index (χ1n) is 7.25. The van der Waals surface area contributed by atoms with Crippen LogP contribution in [-0.2, 0) is 14.3 Å². The topological polar surface area (TPSA) is 35.5 Å². The van der Waals surface area contributed by atoms with Gasteiger partial charge >= 0.3 is 0 Å². The van der Waals surface area contributed by atoms with Crippen LogP contribution in [0.3, 0.4) is 0 Å². The SMILES string of the molecule is CCCC(=O)[C@@H](CC)[C@H]1CC12OCC(C)(C)CO2. The van der Waals surface area contributed by atoms with E-state index in [0.29, 0.717) is 12.2 Å². The van der Waals surface area contributed by atoms with Crippen LogP contribution in [0, 0.1) is 17.3 Å². The standard InChI is InChI=1S/C15H26O3/c1-5-7-13(16)11(6-2)12-8-15(12)17-9-14(3,4)10-18-15/h11-12H,5-10H2,1-4H3/t11-,12+/m0/s1. The van der Waals surface area contributed by atoms with Gasteiger partial charge in [0.05, 0.1) is 13.2 Å². The molecular formula is C15H26O3. The summed E-state index contributed by atoms with van der Waals surface area (Å²) < 4.78 is 11.9.